The molecule has 0 aromatic carbocycles. The molecule has 0 atom stereocenters. The molecule has 4 heavy (non-hydrogen) atoms. The average molecular weight is 85.5 g/mol. The van der Waals surface area contributed by atoms with Crippen LogP contribution in [0.5, 0.6) is 0 Å². The third-order valence-corrected chi connectivity index (χ3v) is 0. The molecular formula is CH4B2Ti. The van der Waals surface area contributed by atoms with E-state index >= 15 is 0 Å². The van der Waals surface area contributed by atoms with E-state index < -0.39 is 17.4 Å². The molecule has 18 valence electrons. The van der Waals surface area contributed by atoms with Gasteiger partial charge < -0.3 is 0 Å². The first-order valence-electron chi connectivity index (χ1n) is 0.577. The zero-order valence-electron chi connectivity index (χ0n) is 1.65. The van der Waals surface area contributed by atoms with Crippen LogP contribution in [0.4, 0.5) is 0 Å². The van der Waals surface area contributed by atoms with E-state index in [0.29, 0.717) is 0 Å². The summed E-state index contributed by atoms with van der Waals surface area (Å²) in [5, 5.41) is 9.50. The van der Waals surface area contributed by atoms with E-state index in [1.165, 1.54) is 0 Å². The molecule has 0 fully saturated rings. The summed E-state index contributed by atoms with van der Waals surface area (Å²) in [6, 6.07) is 0. The Morgan fingerprint density at radius 1 is 1.25 bits per heavy atom. The van der Waals surface area contributed by atoms with Gasteiger partial charge in [0.25, 0.3) is 0 Å². The van der Waals surface area contributed by atoms with E-state index in [-0.39, 0.29) is 7.43 Å². The molecular weight excluding hydrogens is 81.5 g/mol. The molecule has 0 aliphatic heterocycles. The Labute approximate surface area is 36.0 Å². The van der Waals surface area contributed by atoms with Crippen LogP contribution >= 0.6 is 0 Å². The fraction of sp³-hybridized carbons (Fsp3) is 1.00. The summed E-state index contributed by atoms with van der Waals surface area (Å²) in [7, 11) is 0. The molecule has 0 saturated heterocycles. The Kier molecular flexibility index (Phi) is 20.2. The van der Waals surface area contributed by atoms with Crippen molar-refractivity contribution in [3.8, 4) is 0 Å². The predicted octanol–water partition coefficient (Wildman–Crippen LogP) is -0.128. The topological polar surface area (TPSA) is 0 Å². The Balaban J connectivity index is 0. The third kappa shape index (κ3) is 13.6. The second-order valence-corrected chi connectivity index (χ2v) is 0.687. The summed E-state index contributed by atoms with van der Waals surface area (Å²) >= 11 is -0.500. The van der Waals surface area contributed by atoms with E-state index in [4.69, 9.17) is 10.8 Å². The standard InChI is InChI=1S/CH4.2B.Ti/h1H4;;;. The van der Waals surface area contributed by atoms with Crippen LogP contribution < -0.4 is 0 Å². The van der Waals surface area contributed by atoms with Crippen LogP contribution in [0, 0.1) is 0 Å². The first kappa shape index (κ1) is 8.85. The van der Waals surface area contributed by atoms with E-state index in [1.807, 2.05) is 0 Å². The van der Waals surface area contributed by atoms with Gasteiger partial charge in [0.05, 0.1) is 0 Å². The van der Waals surface area contributed by atoms with Gasteiger partial charge in [0.15, 0.2) is 0 Å². The van der Waals surface area contributed by atoms with Gasteiger partial charge in [-0.2, -0.15) is 0 Å². The predicted molar refractivity (Wildman–Crippen MR) is 18.2 cm³/mol. The van der Waals surface area contributed by atoms with Gasteiger partial charge in [-0.3, -0.25) is 0 Å². The van der Waals surface area contributed by atoms with Gasteiger partial charge >= 0.3 is 28.1 Å². The molecule has 3 heteroatoms. The molecule has 0 saturated carbocycles. The van der Waals surface area contributed by atoms with Crippen molar-refractivity contribution in [1.82, 2.24) is 0 Å². The van der Waals surface area contributed by atoms with Crippen molar-refractivity contribution in [1.29, 1.82) is 0 Å². The SMILES string of the molecule is C.[B]#[Ti]#[B]. The van der Waals surface area contributed by atoms with Crippen molar-refractivity contribution < 1.29 is 17.4 Å². The van der Waals surface area contributed by atoms with Crippen LogP contribution in [0.3, 0.4) is 0 Å². The molecule has 0 aliphatic rings. The van der Waals surface area contributed by atoms with E-state index in [2.05, 4.69) is 0 Å². The monoisotopic (exact) mass is 86.0 g/mol. The van der Waals surface area contributed by atoms with Gasteiger partial charge in [-0.25, -0.2) is 0 Å². The van der Waals surface area contributed by atoms with Crippen molar-refractivity contribution in [3.05, 3.63) is 0 Å². The Morgan fingerprint density at radius 2 is 1.25 bits per heavy atom. The quantitative estimate of drug-likeness (QED) is 0.360. The van der Waals surface area contributed by atoms with Crippen LogP contribution in [0.25, 0.3) is 0 Å². The van der Waals surface area contributed by atoms with E-state index in [1.54, 1.807) is 0 Å². The summed E-state index contributed by atoms with van der Waals surface area (Å²) in [5.74, 6) is 0. The first-order chi connectivity index (χ1) is 1.41. The van der Waals surface area contributed by atoms with Gasteiger partial charge in [-0.1, -0.05) is 7.43 Å². The number of hydrogen-bond acceptors (Lipinski definition) is 0. The zero-order valence-corrected chi connectivity index (χ0v) is 3.22. The molecule has 0 rings (SSSR count). The van der Waals surface area contributed by atoms with Crippen LogP contribution in [-0.2, 0) is 17.4 Å². The summed E-state index contributed by atoms with van der Waals surface area (Å²) in [4.78, 5) is 0. The summed E-state index contributed by atoms with van der Waals surface area (Å²) in [6.07, 6.45) is 0. The molecule has 0 amide bonds. The summed E-state index contributed by atoms with van der Waals surface area (Å²) in [6.45, 7) is 0. The van der Waals surface area contributed by atoms with Crippen molar-refractivity contribution in [2.75, 3.05) is 0 Å². The molecule has 0 N–H and O–H groups in total. The fourth-order valence-corrected chi connectivity index (χ4v) is 0. The van der Waals surface area contributed by atoms with Gasteiger partial charge in [-0.15, -0.1) is 0 Å². The normalized spacial score (nSPS) is 6.00. The number of hydrogen-bond donors (Lipinski definition) is 0. The first-order valence-corrected chi connectivity index (χ1v) is 2.38. The third-order valence-electron chi connectivity index (χ3n) is 0. The van der Waals surface area contributed by atoms with Crippen LogP contribution in [0.15, 0.2) is 0 Å². The van der Waals surface area contributed by atoms with Gasteiger partial charge in [-0.05, 0) is 0 Å². The van der Waals surface area contributed by atoms with Gasteiger partial charge in [0.2, 0.25) is 0 Å². The Morgan fingerprint density at radius 3 is 1.25 bits per heavy atom. The zero-order chi connectivity index (χ0) is 2.71. The molecule has 0 unspecified atom stereocenters. The second kappa shape index (κ2) is 9.14. The maximum atomic E-state index is 4.75. The minimum absolute atomic E-state index is 0. The minimum atomic E-state index is -0.500. The van der Waals surface area contributed by atoms with Crippen molar-refractivity contribution in [2.45, 2.75) is 7.43 Å². The van der Waals surface area contributed by atoms with Crippen molar-refractivity contribution in [3.63, 3.8) is 0 Å². The molecule has 0 aromatic heterocycles. The molecule has 0 nitrogen and oxygen atoms in total. The van der Waals surface area contributed by atoms with Crippen LogP contribution in [0.2, 0.25) is 0 Å². The van der Waals surface area contributed by atoms with Crippen molar-refractivity contribution in [2.24, 2.45) is 0 Å². The summed E-state index contributed by atoms with van der Waals surface area (Å²) < 4.78 is 0. The molecule has 0 heterocycles. The van der Waals surface area contributed by atoms with Crippen molar-refractivity contribution >= 4 is 10.8 Å². The average Bonchev–Trinajstić information content (AvgIpc) is 0.918. The van der Waals surface area contributed by atoms with Gasteiger partial charge in [0, 0.05) is 0 Å². The molecule has 0 bridgehead atoms. The van der Waals surface area contributed by atoms with E-state index in [0.717, 1.165) is 0 Å². The maximum absolute atomic E-state index is 4.75. The molecule has 0 aromatic rings. The van der Waals surface area contributed by atoms with E-state index in [9.17, 15) is 0 Å². The number of rotatable bonds is 0. The Bertz CT molecular complexity index is 79.2. The molecule has 0 aliphatic carbocycles. The van der Waals surface area contributed by atoms with Crippen LogP contribution in [-0.4, -0.2) is 10.8 Å². The second-order valence-electron chi connectivity index (χ2n) is 0.167. The Hall–Kier alpha value is 0.844. The molecule has 0 spiro atoms. The van der Waals surface area contributed by atoms with Crippen LogP contribution in [0.1, 0.15) is 7.43 Å². The molecule has 0 radical (unpaired) electrons. The fourth-order valence-electron chi connectivity index (χ4n) is 0. The van der Waals surface area contributed by atoms with Gasteiger partial charge in [0.1, 0.15) is 0 Å². The summed E-state index contributed by atoms with van der Waals surface area (Å²) in [5.41, 5.74) is 0.